The first-order valence-electron chi connectivity index (χ1n) is 9.25. The highest BCUT2D eigenvalue weighted by atomic mass is 16.5. The number of Topliss-reactive ketones (excluding diaryl/α,β-unsaturated/α-hetero) is 1. The number of ether oxygens (including phenoxy) is 1. The lowest BCUT2D eigenvalue weighted by atomic mass is 10.00. The van der Waals surface area contributed by atoms with Crippen molar-refractivity contribution in [2.75, 3.05) is 0 Å². The van der Waals surface area contributed by atoms with Crippen LogP contribution in [0, 0.1) is 11.3 Å². The van der Waals surface area contributed by atoms with Crippen molar-refractivity contribution in [2.24, 2.45) is 0 Å². The van der Waals surface area contributed by atoms with Crippen molar-refractivity contribution in [3.05, 3.63) is 95.6 Å². The number of nitriles is 1. The summed E-state index contributed by atoms with van der Waals surface area (Å²) >= 11 is 0. The van der Waals surface area contributed by atoms with Crippen molar-refractivity contribution in [1.82, 2.24) is 0 Å². The van der Waals surface area contributed by atoms with E-state index in [1.165, 1.54) is 0 Å². The average molecular weight is 397 g/mol. The summed E-state index contributed by atoms with van der Waals surface area (Å²) in [5.41, 5.74) is 3.61. The van der Waals surface area contributed by atoms with Crippen molar-refractivity contribution in [2.45, 2.75) is 13.5 Å². The molecule has 148 valence electrons. The van der Waals surface area contributed by atoms with Crippen molar-refractivity contribution in [3.8, 4) is 22.9 Å². The van der Waals surface area contributed by atoms with Gasteiger partial charge in [-0.2, -0.15) is 5.26 Å². The van der Waals surface area contributed by atoms with Crippen LogP contribution in [0.25, 0.3) is 16.9 Å². The molecule has 3 aromatic carbocycles. The highest BCUT2D eigenvalue weighted by molar-refractivity contribution is 6.41. The van der Waals surface area contributed by atoms with Crippen LogP contribution < -0.4 is 4.74 Å². The van der Waals surface area contributed by atoms with Crippen LogP contribution in [0.4, 0.5) is 0 Å². The molecule has 0 bridgehead atoms. The fourth-order valence-corrected chi connectivity index (χ4v) is 2.85. The first-order chi connectivity index (χ1) is 14.5. The standard InChI is InChI=1S/C25H19NO4/c1-17(27)24(28)14-25(29)20-8-5-9-23(13-20)30-16-22-12-19(10-11-21(22)15-26)18-6-3-2-4-7-18/h2-14,29H,16H2,1H3. The Bertz CT molecular complexity index is 1160. The Morgan fingerprint density at radius 3 is 2.47 bits per heavy atom. The lowest BCUT2D eigenvalue weighted by molar-refractivity contribution is -0.132. The maximum Gasteiger partial charge on any atom is 0.224 e. The van der Waals surface area contributed by atoms with Gasteiger partial charge in [-0.05, 0) is 35.4 Å². The maximum atomic E-state index is 11.5. The second-order valence-electron chi connectivity index (χ2n) is 6.62. The summed E-state index contributed by atoms with van der Waals surface area (Å²) in [4.78, 5) is 22.6. The third-order valence-electron chi connectivity index (χ3n) is 4.47. The van der Waals surface area contributed by atoms with Crippen LogP contribution in [0.5, 0.6) is 5.75 Å². The molecule has 0 saturated heterocycles. The lowest BCUT2D eigenvalue weighted by Gasteiger charge is -2.11. The molecule has 30 heavy (non-hydrogen) atoms. The van der Waals surface area contributed by atoms with E-state index in [4.69, 9.17) is 4.74 Å². The van der Waals surface area contributed by atoms with E-state index < -0.39 is 11.6 Å². The van der Waals surface area contributed by atoms with Crippen molar-refractivity contribution in [3.63, 3.8) is 0 Å². The lowest BCUT2D eigenvalue weighted by Crippen LogP contribution is -2.06. The van der Waals surface area contributed by atoms with Crippen molar-refractivity contribution < 1.29 is 19.4 Å². The van der Waals surface area contributed by atoms with Gasteiger partial charge in [-0.1, -0.05) is 48.5 Å². The van der Waals surface area contributed by atoms with Gasteiger partial charge in [0.25, 0.3) is 0 Å². The highest BCUT2D eigenvalue weighted by Gasteiger charge is 2.10. The van der Waals surface area contributed by atoms with E-state index in [-0.39, 0.29) is 12.4 Å². The normalized spacial score (nSPS) is 10.9. The van der Waals surface area contributed by atoms with E-state index in [2.05, 4.69) is 6.07 Å². The van der Waals surface area contributed by atoms with E-state index in [9.17, 15) is 20.0 Å². The van der Waals surface area contributed by atoms with Crippen molar-refractivity contribution >= 4 is 17.3 Å². The Balaban J connectivity index is 1.81. The molecule has 0 aliphatic rings. The van der Waals surface area contributed by atoms with Gasteiger partial charge in [-0.25, -0.2) is 0 Å². The Morgan fingerprint density at radius 1 is 1.00 bits per heavy atom. The number of allylic oxidation sites excluding steroid dienone is 1. The zero-order valence-corrected chi connectivity index (χ0v) is 16.3. The van der Waals surface area contributed by atoms with Crippen LogP contribution in [0.3, 0.4) is 0 Å². The molecule has 0 spiro atoms. The smallest absolute Gasteiger partial charge is 0.224 e. The summed E-state index contributed by atoms with van der Waals surface area (Å²) in [6, 6.07) is 24.1. The average Bonchev–Trinajstić information content (AvgIpc) is 2.78. The van der Waals surface area contributed by atoms with Gasteiger partial charge in [0.2, 0.25) is 5.78 Å². The zero-order chi connectivity index (χ0) is 21.5. The molecule has 3 aromatic rings. The van der Waals surface area contributed by atoms with E-state index >= 15 is 0 Å². The molecule has 3 rings (SSSR count). The molecule has 0 fully saturated rings. The third-order valence-corrected chi connectivity index (χ3v) is 4.47. The number of ketones is 2. The van der Waals surface area contributed by atoms with Gasteiger partial charge in [-0.15, -0.1) is 0 Å². The summed E-state index contributed by atoms with van der Waals surface area (Å²) in [6.07, 6.45) is 0.887. The number of benzene rings is 3. The van der Waals surface area contributed by atoms with Crippen LogP contribution in [-0.4, -0.2) is 16.7 Å². The highest BCUT2D eigenvalue weighted by Crippen LogP contribution is 2.24. The SMILES string of the molecule is CC(=O)C(=O)C=C(O)c1cccc(OCc2cc(-c3ccccc3)ccc2C#N)c1. The van der Waals surface area contributed by atoms with Gasteiger partial charge in [0, 0.05) is 24.1 Å². The van der Waals surface area contributed by atoms with E-state index in [1.807, 2.05) is 42.5 Å². The number of hydrogen-bond acceptors (Lipinski definition) is 5. The summed E-state index contributed by atoms with van der Waals surface area (Å²) < 4.78 is 5.83. The Hall–Kier alpha value is -4.17. The second kappa shape index (κ2) is 9.35. The van der Waals surface area contributed by atoms with Crippen LogP contribution >= 0.6 is 0 Å². The molecular weight excluding hydrogens is 378 g/mol. The topological polar surface area (TPSA) is 87.4 Å². The van der Waals surface area contributed by atoms with Crippen LogP contribution in [0.15, 0.2) is 78.9 Å². The molecule has 0 heterocycles. The number of carbonyl (C=O) groups is 2. The van der Waals surface area contributed by atoms with Crippen LogP contribution in [0.2, 0.25) is 0 Å². The van der Waals surface area contributed by atoms with E-state index in [1.54, 1.807) is 30.3 Å². The van der Waals surface area contributed by atoms with Gasteiger partial charge < -0.3 is 9.84 Å². The monoisotopic (exact) mass is 397 g/mol. The summed E-state index contributed by atoms with van der Waals surface area (Å²) in [7, 11) is 0. The fraction of sp³-hybridized carbons (Fsp3) is 0.0800. The first kappa shape index (κ1) is 20.6. The minimum atomic E-state index is -0.782. The van der Waals surface area contributed by atoms with Gasteiger partial charge in [0.1, 0.15) is 18.1 Å². The molecular formula is C25H19NO4. The van der Waals surface area contributed by atoms with Gasteiger partial charge in [0.15, 0.2) is 5.78 Å². The molecule has 0 radical (unpaired) electrons. The first-order valence-corrected chi connectivity index (χ1v) is 9.25. The number of hydrogen-bond donors (Lipinski definition) is 1. The number of aliphatic hydroxyl groups is 1. The quantitative estimate of drug-likeness (QED) is 0.349. The Labute approximate surface area is 174 Å². The largest absolute Gasteiger partial charge is 0.507 e. The second-order valence-corrected chi connectivity index (χ2v) is 6.62. The summed E-state index contributed by atoms with van der Waals surface area (Å²) in [5, 5.41) is 19.5. The zero-order valence-electron chi connectivity index (χ0n) is 16.3. The van der Waals surface area contributed by atoms with E-state index in [0.717, 1.165) is 29.7 Å². The van der Waals surface area contributed by atoms with Gasteiger partial charge in [0.05, 0.1) is 11.6 Å². The van der Waals surface area contributed by atoms with Crippen LogP contribution in [-0.2, 0) is 16.2 Å². The number of nitrogens with zero attached hydrogens (tertiary/aromatic N) is 1. The molecule has 0 aromatic heterocycles. The minimum Gasteiger partial charge on any atom is -0.507 e. The minimum absolute atomic E-state index is 0.157. The molecule has 5 nitrogen and oxygen atoms in total. The number of rotatable bonds is 7. The molecule has 1 N–H and O–H groups in total. The van der Waals surface area contributed by atoms with Gasteiger partial charge >= 0.3 is 0 Å². The van der Waals surface area contributed by atoms with Crippen molar-refractivity contribution in [1.29, 1.82) is 5.26 Å². The number of carbonyl (C=O) groups excluding carboxylic acids is 2. The summed E-state index contributed by atoms with van der Waals surface area (Å²) in [5.74, 6) is -1.30. The molecule has 0 unspecified atom stereocenters. The Morgan fingerprint density at radius 2 is 1.77 bits per heavy atom. The molecule has 0 aliphatic carbocycles. The third kappa shape index (κ3) is 5.00. The Kier molecular flexibility index (Phi) is 6.41. The number of aliphatic hydroxyl groups excluding tert-OH is 1. The molecule has 0 amide bonds. The van der Waals surface area contributed by atoms with Gasteiger partial charge in [-0.3, -0.25) is 9.59 Å². The molecule has 0 aliphatic heterocycles. The predicted molar refractivity (Wildman–Crippen MR) is 114 cm³/mol. The molecule has 5 heteroatoms. The summed E-state index contributed by atoms with van der Waals surface area (Å²) in [6.45, 7) is 1.30. The van der Waals surface area contributed by atoms with E-state index in [0.29, 0.717) is 16.9 Å². The molecule has 0 saturated carbocycles. The van der Waals surface area contributed by atoms with Crippen LogP contribution in [0.1, 0.15) is 23.6 Å². The maximum absolute atomic E-state index is 11.5. The predicted octanol–water partition coefficient (Wildman–Crippen LogP) is 4.86. The molecule has 0 atom stereocenters. The fourth-order valence-electron chi connectivity index (χ4n) is 2.85.